The minimum absolute atomic E-state index is 0.164. The van der Waals surface area contributed by atoms with Crippen molar-refractivity contribution < 1.29 is 9.90 Å². The number of aliphatic hydroxyl groups is 1. The number of benzene rings is 1. The number of nitrogens with one attached hydrogen (secondary N) is 1. The maximum Gasteiger partial charge on any atom is 0.321 e. The van der Waals surface area contributed by atoms with Gasteiger partial charge in [-0.1, -0.05) is 12.1 Å². The van der Waals surface area contributed by atoms with E-state index in [1.54, 1.807) is 18.9 Å². The molecule has 2 N–H and O–H groups in total. The monoisotopic (exact) mass is 279 g/mol. The summed E-state index contributed by atoms with van der Waals surface area (Å²) in [6.45, 7) is 5.17. The normalized spacial score (nSPS) is 11.8. The number of rotatable bonds is 6. The highest BCUT2D eigenvalue weighted by molar-refractivity contribution is 5.93. The van der Waals surface area contributed by atoms with Crippen molar-refractivity contribution in [1.82, 2.24) is 4.90 Å². The van der Waals surface area contributed by atoms with Crippen molar-refractivity contribution >= 4 is 17.4 Å². The first kappa shape index (κ1) is 16.3. The fraction of sp³-hybridized carbons (Fsp3) is 0.533. The lowest BCUT2D eigenvalue weighted by molar-refractivity contribution is 0.167. The van der Waals surface area contributed by atoms with Crippen molar-refractivity contribution in [3.05, 3.63) is 24.3 Å². The molecule has 0 aliphatic carbocycles. The summed E-state index contributed by atoms with van der Waals surface area (Å²) in [5.74, 6) is 0. The summed E-state index contributed by atoms with van der Waals surface area (Å²) in [7, 11) is 3.71. The second kappa shape index (κ2) is 7.75. The molecule has 5 heteroatoms. The predicted octanol–water partition coefficient (Wildman–Crippen LogP) is 2.38. The second-order valence-corrected chi connectivity index (χ2v) is 5.02. The van der Waals surface area contributed by atoms with E-state index in [0.717, 1.165) is 17.9 Å². The third-order valence-corrected chi connectivity index (χ3v) is 3.26. The van der Waals surface area contributed by atoms with Gasteiger partial charge in [-0.15, -0.1) is 0 Å². The van der Waals surface area contributed by atoms with Crippen LogP contribution in [0.2, 0.25) is 0 Å². The number of nitrogens with zero attached hydrogens (tertiary/aromatic N) is 2. The highest BCUT2D eigenvalue weighted by Crippen LogP contribution is 2.24. The van der Waals surface area contributed by atoms with E-state index >= 15 is 0 Å². The minimum atomic E-state index is -0.399. The molecule has 112 valence electrons. The number of amides is 2. The third kappa shape index (κ3) is 4.74. The first-order valence-electron chi connectivity index (χ1n) is 6.96. The van der Waals surface area contributed by atoms with Crippen LogP contribution in [0.15, 0.2) is 24.3 Å². The van der Waals surface area contributed by atoms with Gasteiger partial charge >= 0.3 is 6.03 Å². The highest BCUT2D eigenvalue weighted by atomic mass is 16.3. The maximum absolute atomic E-state index is 12.1. The van der Waals surface area contributed by atoms with Crippen LogP contribution in [0.25, 0.3) is 0 Å². The molecule has 0 heterocycles. The lowest BCUT2D eigenvalue weighted by atomic mass is 10.2. The molecule has 1 aromatic rings. The summed E-state index contributed by atoms with van der Waals surface area (Å²) in [6.07, 6.45) is 0.171. The molecule has 0 saturated carbocycles. The van der Waals surface area contributed by atoms with E-state index in [0.29, 0.717) is 13.0 Å². The molecule has 0 spiro atoms. The number of anilines is 2. The molecule has 0 fully saturated rings. The highest BCUT2D eigenvalue weighted by Gasteiger charge is 2.12. The number of aliphatic hydroxyl groups excluding tert-OH is 1. The van der Waals surface area contributed by atoms with Crippen LogP contribution in [-0.4, -0.2) is 49.3 Å². The van der Waals surface area contributed by atoms with Gasteiger partial charge < -0.3 is 20.2 Å². The molecule has 0 saturated heterocycles. The molecule has 5 nitrogen and oxygen atoms in total. The number of hydrogen-bond donors (Lipinski definition) is 2. The zero-order chi connectivity index (χ0) is 15.1. The van der Waals surface area contributed by atoms with Crippen molar-refractivity contribution in [2.24, 2.45) is 0 Å². The van der Waals surface area contributed by atoms with Gasteiger partial charge in [0.2, 0.25) is 0 Å². The number of urea groups is 1. The summed E-state index contributed by atoms with van der Waals surface area (Å²) >= 11 is 0. The van der Waals surface area contributed by atoms with Gasteiger partial charge in [-0.2, -0.15) is 0 Å². The average Bonchev–Trinajstić information content (AvgIpc) is 2.44. The van der Waals surface area contributed by atoms with E-state index < -0.39 is 6.10 Å². The van der Waals surface area contributed by atoms with Crippen LogP contribution in [0.3, 0.4) is 0 Å². The average molecular weight is 279 g/mol. The SMILES string of the molecule is CCN(C)c1ccccc1NC(=O)N(C)CC[C@H](C)O. The number of carbonyl (C=O) groups is 1. The summed E-state index contributed by atoms with van der Waals surface area (Å²) in [4.78, 5) is 15.8. The number of carbonyl (C=O) groups excluding carboxylic acids is 1. The molecule has 2 amide bonds. The van der Waals surface area contributed by atoms with Crippen LogP contribution in [0.1, 0.15) is 20.3 Å². The van der Waals surface area contributed by atoms with E-state index in [1.165, 1.54) is 0 Å². The molecule has 0 aliphatic rings. The molecule has 0 bridgehead atoms. The molecule has 0 aliphatic heterocycles. The van der Waals surface area contributed by atoms with Crippen LogP contribution in [-0.2, 0) is 0 Å². The van der Waals surface area contributed by atoms with Crippen LogP contribution < -0.4 is 10.2 Å². The van der Waals surface area contributed by atoms with Gasteiger partial charge in [0.25, 0.3) is 0 Å². The summed E-state index contributed by atoms with van der Waals surface area (Å²) in [6, 6.07) is 7.56. The van der Waals surface area contributed by atoms with Gasteiger partial charge in [0.1, 0.15) is 0 Å². The van der Waals surface area contributed by atoms with E-state index in [9.17, 15) is 9.90 Å². The summed E-state index contributed by atoms with van der Waals surface area (Å²) < 4.78 is 0. The Morgan fingerprint density at radius 3 is 2.60 bits per heavy atom. The quantitative estimate of drug-likeness (QED) is 0.840. The minimum Gasteiger partial charge on any atom is -0.393 e. The third-order valence-electron chi connectivity index (χ3n) is 3.26. The van der Waals surface area contributed by atoms with Gasteiger partial charge in [0.15, 0.2) is 0 Å². The standard InChI is InChI=1S/C15H25N3O2/c1-5-17(3)14-9-7-6-8-13(14)16-15(20)18(4)11-10-12(2)19/h6-9,12,19H,5,10-11H2,1-4H3,(H,16,20)/t12-/m0/s1. The van der Waals surface area contributed by atoms with E-state index in [1.807, 2.05) is 31.3 Å². The summed E-state index contributed by atoms with van der Waals surface area (Å²) in [5, 5.41) is 12.2. The largest absolute Gasteiger partial charge is 0.393 e. The van der Waals surface area contributed by atoms with Gasteiger partial charge in [0.05, 0.1) is 17.5 Å². The molecule has 1 atom stereocenters. The van der Waals surface area contributed by atoms with Crippen LogP contribution in [0, 0.1) is 0 Å². The molecule has 1 rings (SSSR count). The lowest BCUT2D eigenvalue weighted by Gasteiger charge is -2.23. The smallest absolute Gasteiger partial charge is 0.321 e. The zero-order valence-corrected chi connectivity index (χ0v) is 12.8. The molecule has 0 radical (unpaired) electrons. The zero-order valence-electron chi connectivity index (χ0n) is 12.8. The Kier molecular flexibility index (Phi) is 6.31. The van der Waals surface area contributed by atoms with Crippen molar-refractivity contribution in [1.29, 1.82) is 0 Å². The Morgan fingerprint density at radius 2 is 2.00 bits per heavy atom. The van der Waals surface area contributed by atoms with Gasteiger partial charge in [-0.05, 0) is 32.4 Å². The van der Waals surface area contributed by atoms with Gasteiger partial charge in [-0.25, -0.2) is 4.79 Å². The molecule has 0 aromatic heterocycles. The number of hydrogen-bond acceptors (Lipinski definition) is 3. The Hall–Kier alpha value is -1.75. The van der Waals surface area contributed by atoms with Gasteiger partial charge in [-0.3, -0.25) is 0 Å². The first-order chi connectivity index (χ1) is 9.45. The van der Waals surface area contributed by atoms with Gasteiger partial charge in [0, 0.05) is 27.2 Å². The van der Waals surface area contributed by atoms with E-state index in [-0.39, 0.29) is 6.03 Å². The van der Waals surface area contributed by atoms with Crippen LogP contribution >= 0.6 is 0 Å². The molecular formula is C15H25N3O2. The van der Waals surface area contributed by atoms with Crippen molar-refractivity contribution in [2.45, 2.75) is 26.4 Å². The first-order valence-corrected chi connectivity index (χ1v) is 6.96. The van der Waals surface area contributed by atoms with E-state index in [4.69, 9.17) is 0 Å². The fourth-order valence-corrected chi connectivity index (χ4v) is 1.78. The maximum atomic E-state index is 12.1. The van der Waals surface area contributed by atoms with Crippen LogP contribution in [0.4, 0.5) is 16.2 Å². The van der Waals surface area contributed by atoms with E-state index in [2.05, 4.69) is 17.1 Å². The predicted molar refractivity (Wildman–Crippen MR) is 83.3 cm³/mol. The Morgan fingerprint density at radius 1 is 1.35 bits per heavy atom. The van der Waals surface area contributed by atoms with Crippen molar-refractivity contribution in [3.63, 3.8) is 0 Å². The van der Waals surface area contributed by atoms with Crippen molar-refractivity contribution in [3.8, 4) is 0 Å². The second-order valence-electron chi connectivity index (χ2n) is 5.02. The molecular weight excluding hydrogens is 254 g/mol. The topological polar surface area (TPSA) is 55.8 Å². The van der Waals surface area contributed by atoms with Crippen molar-refractivity contribution in [2.75, 3.05) is 37.4 Å². The van der Waals surface area contributed by atoms with Crippen LogP contribution in [0.5, 0.6) is 0 Å². The Labute approximate surface area is 121 Å². The Bertz CT molecular complexity index is 435. The molecule has 1 aromatic carbocycles. The molecule has 0 unspecified atom stereocenters. The number of para-hydroxylation sites is 2. The lowest BCUT2D eigenvalue weighted by Crippen LogP contribution is -2.33. The summed E-state index contributed by atoms with van der Waals surface area (Å²) in [5.41, 5.74) is 1.79. The molecule has 20 heavy (non-hydrogen) atoms. The fourth-order valence-electron chi connectivity index (χ4n) is 1.78. The Balaban J connectivity index is 2.70.